The van der Waals surface area contributed by atoms with Crippen molar-refractivity contribution in [2.45, 2.75) is 13.5 Å². The minimum atomic E-state index is -0.391. The monoisotopic (exact) mass is 468 g/mol. The topological polar surface area (TPSA) is 67.6 Å². The van der Waals surface area contributed by atoms with Crippen molar-refractivity contribution >= 4 is 33.5 Å². The maximum Gasteiger partial charge on any atom is 0.291 e. The third-order valence-corrected chi connectivity index (χ3v) is 6.90. The van der Waals surface area contributed by atoms with Gasteiger partial charge in [-0.25, -0.2) is 4.39 Å². The standard InChI is InChI=1S/C26H17FN4O2S/c1-15-7-6-9-16(13-15)23-28-26-31(29-23)25(33)22(34-26)21-18-10-3-5-12-20(18)30(24(21)32)14-17-8-2-4-11-19(17)27/h2-13H,14H2,1H3. The van der Waals surface area contributed by atoms with E-state index in [0.29, 0.717) is 33.2 Å². The zero-order valence-corrected chi connectivity index (χ0v) is 18.8. The molecule has 0 spiro atoms. The Balaban J connectivity index is 1.50. The quantitative estimate of drug-likeness (QED) is 0.405. The van der Waals surface area contributed by atoms with Gasteiger partial charge in [0.25, 0.3) is 11.5 Å². The van der Waals surface area contributed by atoms with Crippen molar-refractivity contribution in [2.24, 2.45) is 0 Å². The van der Waals surface area contributed by atoms with Gasteiger partial charge in [-0.1, -0.05) is 71.5 Å². The average molecular weight is 469 g/mol. The molecule has 6 nitrogen and oxygen atoms in total. The number of nitrogens with zero attached hydrogens (tertiary/aromatic N) is 4. The minimum Gasteiger partial charge on any atom is -0.303 e. The SMILES string of the molecule is Cc1cccc(-c2nc3sc(=C4C(=O)N(Cc5ccccc5F)c5ccccc54)c(=O)n3n2)c1. The van der Waals surface area contributed by atoms with E-state index >= 15 is 0 Å². The average Bonchev–Trinajstić information content (AvgIpc) is 3.47. The highest BCUT2D eigenvalue weighted by atomic mass is 32.1. The summed E-state index contributed by atoms with van der Waals surface area (Å²) in [6, 6.07) is 21.3. The number of rotatable bonds is 3. The lowest BCUT2D eigenvalue weighted by atomic mass is 10.1. The van der Waals surface area contributed by atoms with Crippen LogP contribution in [-0.2, 0) is 11.3 Å². The maximum atomic E-state index is 14.3. The van der Waals surface area contributed by atoms with Crippen LogP contribution < -0.4 is 15.0 Å². The molecule has 1 aliphatic rings. The fraction of sp³-hybridized carbons (Fsp3) is 0.0769. The Morgan fingerprint density at radius 2 is 1.76 bits per heavy atom. The van der Waals surface area contributed by atoms with Gasteiger partial charge in [0.05, 0.1) is 17.8 Å². The zero-order chi connectivity index (χ0) is 23.4. The molecule has 3 aromatic carbocycles. The predicted octanol–water partition coefficient (Wildman–Crippen LogP) is 3.73. The molecule has 0 fully saturated rings. The first-order chi connectivity index (χ1) is 16.5. The first kappa shape index (κ1) is 20.4. The van der Waals surface area contributed by atoms with E-state index in [-0.39, 0.29) is 22.8 Å². The Kier molecular flexibility index (Phi) is 4.63. The van der Waals surface area contributed by atoms with Crippen molar-refractivity contribution in [3.63, 3.8) is 0 Å². The molecule has 0 unspecified atom stereocenters. The summed E-state index contributed by atoms with van der Waals surface area (Å²) < 4.78 is 15.8. The van der Waals surface area contributed by atoms with Crippen molar-refractivity contribution in [2.75, 3.05) is 4.90 Å². The number of carbonyl (C=O) groups is 1. The number of thiazole rings is 1. The number of hydrogen-bond donors (Lipinski definition) is 0. The van der Waals surface area contributed by atoms with Crippen LogP contribution in [0.5, 0.6) is 0 Å². The molecule has 0 bridgehead atoms. The van der Waals surface area contributed by atoms with E-state index in [9.17, 15) is 14.0 Å². The number of fused-ring (bicyclic) bond motifs is 2. The third kappa shape index (κ3) is 3.14. The van der Waals surface area contributed by atoms with Crippen LogP contribution >= 0.6 is 11.3 Å². The van der Waals surface area contributed by atoms with Gasteiger partial charge in [-0.2, -0.15) is 9.50 Å². The van der Waals surface area contributed by atoms with Crippen molar-refractivity contribution in [1.29, 1.82) is 0 Å². The van der Waals surface area contributed by atoms with E-state index in [4.69, 9.17) is 0 Å². The second-order valence-electron chi connectivity index (χ2n) is 8.11. The van der Waals surface area contributed by atoms with Gasteiger partial charge in [-0.15, -0.1) is 5.10 Å². The number of benzene rings is 3. The van der Waals surface area contributed by atoms with E-state index < -0.39 is 5.56 Å². The normalized spacial score (nSPS) is 14.8. The molecule has 34 heavy (non-hydrogen) atoms. The first-order valence-electron chi connectivity index (χ1n) is 10.7. The molecule has 0 atom stereocenters. The summed E-state index contributed by atoms with van der Waals surface area (Å²) in [6.45, 7) is 2.05. The molecule has 0 saturated heterocycles. The van der Waals surface area contributed by atoms with Crippen LogP contribution in [0.2, 0.25) is 0 Å². The second-order valence-corrected chi connectivity index (χ2v) is 9.09. The van der Waals surface area contributed by atoms with Gasteiger partial charge in [-0.3, -0.25) is 9.59 Å². The van der Waals surface area contributed by atoms with Crippen LogP contribution in [0.3, 0.4) is 0 Å². The van der Waals surface area contributed by atoms with Crippen LogP contribution in [0.15, 0.2) is 77.6 Å². The van der Waals surface area contributed by atoms with E-state index in [0.717, 1.165) is 22.5 Å². The molecule has 1 aliphatic heterocycles. The number of anilines is 1. The number of para-hydroxylation sites is 1. The van der Waals surface area contributed by atoms with Crippen molar-refractivity contribution in [3.05, 3.63) is 110 Å². The van der Waals surface area contributed by atoms with Crippen LogP contribution in [0.4, 0.5) is 10.1 Å². The predicted molar refractivity (Wildman–Crippen MR) is 129 cm³/mol. The lowest BCUT2D eigenvalue weighted by molar-refractivity contribution is -0.113. The van der Waals surface area contributed by atoms with Crippen LogP contribution in [0, 0.1) is 12.7 Å². The molecule has 2 aromatic heterocycles. The van der Waals surface area contributed by atoms with Gasteiger partial charge in [0.2, 0.25) is 4.96 Å². The Morgan fingerprint density at radius 3 is 2.56 bits per heavy atom. The van der Waals surface area contributed by atoms with Gasteiger partial charge in [0.1, 0.15) is 10.3 Å². The molecule has 6 rings (SSSR count). The summed E-state index contributed by atoms with van der Waals surface area (Å²) in [6.07, 6.45) is 0. The molecule has 0 N–H and O–H groups in total. The second kappa shape index (κ2) is 7.71. The lowest BCUT2D eigenvalue weighted by Crippen LogP contribution is -2.32. The molecule has 0 aliphatic carbocycles. The fourth-order valence-corrected chi connectivity index (χ4v) is 5.24. The molecule has 8 heteroatoms. The number of halogens is 1. The highest BCUT2D eigenvalue weighted by Gasteiger charge is 2.34. The Morgan fingerprint density at radius 1 is 0.971 bits per heavy atom. The Labute approximate surface area is 197 Å². The smallest absolute Gasteiger partial charge is 0.291 e. The molecular formula is C26H17FN4O2S. The van der Waals surface area contributed by atoms with Gasteiger partial charge >= 0.3 is 0 Å². The summed E-state index contributed by atoms with van der Waals surface area (Å²) >= 11 is 1.14. The van der Waals surface area contributed by atoms with Gasteiger partial charge in [0.15, 0.2) is 5.82 Å². The molecular weight excluding hydrogens is 451 g/mol. The van der Waals surface area contributed by atoms with E-state index in [1.165, 1.54) is 15.5 Å². The highest BCUT2D eigenvalue weighted by Crippen LogP contribution is 2.36. The molecule has 166 valence electrons. The maximum absolute atomic E-state index is 14.3. The Hall–Kier alpha value is -4.17. The summed E-state index contributed by atoms with van der Waals surface area (Å²) in [5, 5.41) is 4.41. The molecule has 3 heterocycles. The van der Waals surface area contributed by atoms with Crippen molar-refractivity contribution in [1.82, 2.24) is 14.6 Å². The summed E-state index contributed by atoms with van der Waals surface area (Å²) in [7, 11) is 0. The number of hydrogen-bond acceptors (Lipinski definition) is 5. The Bertz CT molecular complexity index is 1720. The van der Waals surface area contributed by atoms with Crippen molar-refractivity contribution in [3.8, 4) is 11.4 Å². The third-order valence-electron chi connectivity index (χ3n) is 5.87. The molecule has 0 saturated carbocycles. The minimum absolute atomic E-state index is 0.0679. The number of carbonyl (C=O) groups excluding carboxylic acids is 1. The largest absolute Gasteiger partial charge is 0.303 e. The highest BCUT2D eigenvalue weighted by molar-refractivity contribution is 7.15. The molecule has 0 radical (unpaired) electrons. The summed E-state index contributed by atoms with van der Waals surface area (Å²) in [4.78, 5) is 33.3. The van der Waals surface area contributed by atoms with Crippen LogP contribution in [0.1, 0.15) is 16.7 Å². The van der Waals surface area contributed by atoms with Crippen LogP contribution in [0.25, 0.3) is 21.9 Å². The number of amides is 1. The fourth-order valence-electron chi connectivity index (χ4n) is 4.25. The molecule has 1 amide bonds. The van der Waals surface area contributed by atoms with E-state index in [1.807, 2.05) is 43.3 Å². The summed E-state index contributed by atoms with van der Waals surface area (Å²) in [5.74, 6) is -0.263. The first-order valence-corrected chi connectivity index (χ1v) is 11.5. The van der Waals surface area contributed by atoms with Crippen molar-refractivity contribution < 1.29 is 9.18 Å². The van der Waals surface area contributed by atoms with Gasteiger partial charge < -0.3 is 4.90 Å². The number of aryl methyl sites for hydroxylation is 1. The van der Waals surface area contributed by atoms with Crippen LogP contribution in [-0.4, -0.2) is 20.5 Å². The molecule has 5 aromatic rings. The van der Waals surface area contributed by atoms with Gasteiger partial charge in [-0.05, 0) is 25.1 Å². The van der Waals surface area contributed by atoms with Gasteiger partial charge in [0, 0.05) is 16.7 Å². The lowest BCUT2D eigenvalue weighted by Gasteiger charge is -2.17. The zero-order valence-electron chi connectivity index (χ0n) is 18.0. The van der Waals surface area contributed by atoms with E-state index in [1.54, 1.807) is 30.3 Å². The van der Waals surface area contributed by atoms with E-state index in [2.05, 4.69) is 10.1 Å². The number of aromatic nitrogens is 3. The summed E-state index contributed by atoms with van der Waals surface area (Å²) in [5.41, 5.74) is 3.48.